The number of carbonyl (C=O) groups is 3. The van der Waals surface area contributed by atoms with Crippen LogP contribution in [0.25, 0.3) is 0 Å². The largest absolute Gasteiger partial charge is 0.462 e. The van der Waals surface area contributed by atoms with Crippen molar-refractivity contribution in [2.24, 2.45) is 0 Å². The molecule has 0 saturated carbocycles. The predicted molar refractivity (Wildman–Crippen MR) is 334 cm³/mol. The van der Waals surface area contributed by atoms with E-state index < -0.39 is 6.10 Å². The summed E-state index contributed by atoms with van der Waals surface area (Å²) in [6.45, 7) is 6.27. The maximum atomic E-state index is 12.9. The van der Waals surface area contributed by atoms with Crippen molar-refractivity contribution in [2.45, 2.75) is 232 Å². The third-order valence-electron chi connectivity index (χ3n) is 11.9. The fourth-order valence-electron chi connectivity index (χ4n) is 7.39. The highest BCUT2D eigenvalue weighted by Gasteiger charge is 2.19. The summed E-state index contributed by atoms with van der Waals surface area (Å²) in [4.78, 5) is 38.2. The van der Waals surface area contributed by atoms with Crippen molar-refractivity contribution < 1.29 is 28.6 Å². The predicted octanol–water partition coefficient (Wildman–Crippen LogP) is 20.9. The zero-order valence-electron chi connectivity index (χ0n) is 48.9. The summed E-state index contributed by atoms with van der Waals surface area (Å²) in [5.41, 5.74) is 0. The molecule has 0 aromatic rings. The monoisotopic (exact) mass is 1060 g/mol. The molecule has 0 saturated heterocycles. The van der Waals surface area contributed by atoms with Crippen LogP contribution in [0.2, 0.25) is 0 Å². The van der Waals surface area contributed by atoms with Crippen molar-refractivity contribution >= 4 is 17.9 Å². The molecule has 1 unspecified atom stereocenters. The summed E-state index contributed by atoms with van der Waals surface area (Å²) < 4.78 is 16.8. The van der Waals surface area contributed by atoms with Crippen molar-refractivity contribution in [3.05, 3.63) is 182 Å². The molecular formula is C71H108O6. The molecule has 0 bridgehead atoms. The molecule has 6 heteroatoms. The summed E-state index contributed by atoms with van der Waals surface area (Å²) in [5.74, 6) is -1.04. The van der Waals surface area contributed by atoms with Crippen LogP contribution in [0.3, 0.4) is 0 Å². The Hall–Kier alpha value is -5.49. The second-order valence-electron chi connectivity index (χ2n) is 19.1. The molecule has 0 amide bonds. The lowest BCUT2D eigenvalue weighted by atomic mass is 10.1. The van der Waals surface area contributed by atoms with E-state index in [4.69, 9.17) is 14.2 Å². The van der Waals surface area contributed by atoms with Gasteiger partial charge in [-0.2, -0.15) is 0 Å². The van der Waals surface area contributed by atoms with Gasteiger partial charge in [0.1, 0.15) is 13.2 Å². The molecule has 0 rings (SSSR count). The molecule has 0 N–H and O–H groups in total. The number of rotatable bonds is 52. The van der Waals surface area contributed by atoms with Gasteiger partial charge in [0.2, 0.25) is 0 Å². The van der Waals surface area contributed by atoms with Crippen LogP contribution in [0, 0.1) is 0 Å². The summed E-state index contributed by atoms with van der Waals surface area (Å²) in [7, 11) is 0. The summed E-state index contributed by atoms with van der Waals surface area (Å²) in [6.07, 6.45) is 94.7. The second-order valence-corrected chi connectivity index (χ2v) is 19.1. The van der Waals surface area contributed by atoms with E-state index in [9.17, 15) is 14.4 Å². The third-order valence-corrected chi connectivity index (χ3v) is 11.9. The van der Waals surface area contributed by atoms with Crippen molar-refractivity contribution in [2.75, 3.05) is 13.2 Å². The fourth-order valence-corrected chi connectivity index (χ4v) is 7.39. The average molecular weight is 1060 g/mol. The lowest BCUT2D eigenvalue weighted by Crippen LogP contribution is -2.30. The summed E-state index contributed by atoms with van der Waals surface area (Å²) >= 11 is 0. The first kappa shape index (κ1) is 71.5. The van der Waals surface area contributed by atoms with Crippen molar-refractivity contribution in [1.82, 2.24) is 0 Å². The number of hydrogen-bond donors (Lipinski definition) is 0. The normalized spacial score (nSPS) is 13.4. The highest BCUT2D eigenvalue weighted by atomic mass is 16.6. The SMILES string of the molecule is CC/C=C\C/C=C\C/C=C\C/C=C\C/C=C\C/C=C\C/C=C\CCCCCC(=O)OCC(COC(=O)CCCCCCC/C=C\CCCC)OC(=O)CCC/C=C\C/C=C\C/C=C\C/C=C\C/C=C\C/C=C\C/C=C\CC. The fraction of sp³-hybridized carbons (Fsp3) is 0.535. The molecule has 1 atom stereocenters. The minimum absolute atomic E-state index is 0.126. The van der Waals surface area contributed by atoms with Crippen LogP contribution in [-0.4, -0.2) is 37.2 Å². The third kappa shape index (κ3) is 61.2. The van der Waals surface area contributed by atoms with E-state index in [2.05, 4.69) is 203 Å². The molecule has 6 nitrogen and oxygen atoms in total. The zero-order valence-corrected chi connectivity index (χ0v) is 48.9. The standard InChI is InChI=1S/C71H108O6/c1-4-7-10-13-16-19-22-24-26-28-30-32-34-35-37-38-40-42-44-46-49-52-55-58-61-64-70(73)76-67-68(66-75-69(72)63-60-57-54-51-48-21-18-15-12-9-6-3)77-71(74)65-62-59-56-53-50-47-45-43-41-39-36-33-31-29-27-25-23-20-17-14-11-8-5-2/h7-8,10-11,15-20,24-27,30-33,35,37,39-42,45-47,49,53,56,68H,4-6,9,12-14,21-23,28-29,34,36,38,43-44,48,50-52,54-55,57-67H2,1-3H3/b10-7-,11-8-,18-15-,19-16-,20-17-,26-24-,27-25-,32-30-,33-31-,37-35-,41-39-,42-40-,47-45-,49-46-,56-53-. The van der Waals surface area contributed by atoms with Crippen molar-refractivity contribution in [1.29, 1.82) is 0 Å². The van der Waals surface area contributed by atoms with E-state index >= 15 is 0 Å². The molecule has 0 aliphatic carbocycles. The van der Waals surface area contributed by atoms with Gasteiger partial charge in [-0.1, -0.05) is 242 Å². The van der Waals surface area contributed by atoms with Gasteiger partial charge < -0.3 is 14.2 Å². The molecule has 77 heavy (non-hydrogen) atoms. The van der Waals surface area contributed by atoms with E-state index in [1.807, 2.05) is 0 Å². The Balaban J connectivity index is 4.53. The molecule has 0 heterocycles. The number of unbranched alkanes of at least 4 members (excludes halogenated alkanes) is 11. The van der Waals surface area contributed by atoms with E-state index in [1.165, 1.54) is 19.3 Å². The van der Waals surface area contributed by atoms with Gasteiger partial charge in [-0.05, 0) is 148 Å². The minimum atomic E-state index is -0.837. The minimum Gasteiger partial charge on any atom is -0.462 e. The molecule has 0 fully saturated rings. The maximum Gasteiger partial charge on any atom is 0.306 e. The van der Waals surface area contributed by atoms with Crippen LogP contribution in [0.1, 0.15) is 226 Å². The Kier molecular flexibility index (Phi) is 58.6. The average Bonchev–Trinajstić information content (AvgIpc) is 3.43. The van der Waals surface area contributed by atoms with E-state index in [0.29, 0.717) is 19.3 Å². The first-order chi connectivity index (χ1) is 38.0. The first-order valence-corrected chi connectivity index (χ1v) is 30.3. The highest BCUT2D eigenvalue weighted by molar-refractivity contribution is 5.71. The van der Waals surface area contributed by atoms with E-state index in [1.54, 1.807) is 0 Å². The molecule has 0 aliphatic heterocycles. The Morgan fingerprint density at radius 3 is 0.857 bits per heavy atom. The molecule has 0 aromatic carbocycles. The number of hydrogen-bond acceptors (Lipinski definition) is 6. The van der Waals surface area contributed by atoms with Crippen molar-refractivity contribution in [3.63, 3.8) is 0 Å². The van der Waals surface area contributed by atoms with Crippen LogP contribution < -0.4 is 0 Å². The van der Waals surface area contributed by atoms with Crippen LogP contribution in [-0.2, 0) is 28.6 Å². The Morgan fingerprint density at radius 1 is 0.273 bits per heavy atom. The molecule has 0 radical (unpaired) electrons. The smallest absolute Gasteiger partial charge is 0.306 e. The maximum absolute atomic E-state index is 12.9. The summed E-state index contributed by atoms with van der Waals surface area (Å²) in [5, 5.41) is 0. The zero-order chi connectivity index (χ0) is 55.7. The van der Waals surface area contributed by atoms with E-state index in [-0.39, 0.29) is 37.5 Å². The van der Waals surface area contributed by atoms with Gasteiger partial charge in [-0.3, -0.25) is 14.4 Å². The number of allylic oxidation sites excluding steroid dienone is 30. The second kappa shape index (κ2) is 63.0. The number of esters is 3. The lowest BCUT2D eigenvalue weighted by molar-refractivity contribution is -0.167. The Morgan fingerprint density at radius 2 is 0.519 bits per heavy atom. The topological polar surface area (TPSA) is 78.9 Å². The molecule has 0 aromatic heterocycles. The first-order valence-electron chi connectivity index (χ1n) is 30.3. The number of carbonyl (C=O) groups excluding carboxylic acids is 3. The molecular weight excluding hydrogens is 949 g/mol. The molecule has 428 valence electrons. The van der Waals surface area contributed by atoms with Gasteiger partial charge in [-0.25, -0.2) is 0 Å². The van der Waals surface area contributed by atoms with E-state index in [0.717, 1.165) is 161 Å². The van der Waals surface area contributed by atoms with Crippen LogP contribution in [0.4, 0.5) is 0 Å². The van der Waals surface area contributed by atoms with Crippen LogP contribution in [0.15, 0.2) is 182 Å². The highest BCUT2D eigenvalue weighted by Crippen LogP contribution is 2.12. The van der Waals surface area contributed by atoms with Gasteiger partial charge in [0.05, 0.1) is 0 Å². The molecule has 0 aliphatic rings. The van der Waals surface area contributed by atoms with Crippen LogP contribution in [0.5, 0.6) is 0 Å². The van der Waals surface area contributed by atoms with Gasteiger partial charge in [0.15, 0.2) is 6.10 Å². The van der Waals surface area contributed by atoms with Gasteiger partial charge >= 0.3 is 17.9 Å². The summed E-state index contributed by atoms with van der Waals surface area (Å²) in [6, 6.07) is 0. The van der Waals surface area contributed by atoms with Crippen LogP contribution >= 0.6 is 0 Å². The van der Waals surface area contributed by atoms with Gasteiger partial charge in [0.25, 0.3) is 0 Å². The molecule has 0 spiro atoms. The quantitative estimate of drug-likeness (QED) is 0.0261. The lowest BCUT2D eigenvalue weighted by Gasteiger charge is -2.18. The van der Waals surface area contributed by atoms with Gasteiger partial charge in [0, 0.05) is 19.3 Å². The van der Waals surface area contributed by atoms with Crippen molar-refractivity contribution in [3.8, 4) is 0 Å². The number of ether oxygens (including phenoxy) is 3. The Bertz CT molecular complexity index is 1840. The van der Waals surface area contributed by atoms with Gasteiger partial charge in [-0.15, -0.1) is 0 Å². The Labute approximate surface area is 472 Å².